The zero-order chi connectivity index (χ0) is 21.9. The van der Waals surface area contributed by atoms with Gasteiger partial charge in [0.1, 0.15) is 11.7 Å². The number of carbonyl (C=O) groups is 1. The topological polar surface area (TPSA) is 68.2 Å². The summed E-state index contributed by atoms with van der Waals surface area (Å²) in [7, 11) is 1.69. The smallest absolute Gasteiger partial charge is 0.312 e. The number of hydrogen-bond donors (Lipinski definition) is 1. The van der Waals surface area contributed by atoms with Crippen LogP contribution in [0.4, 0.5) is 0 Å². The monoisotopic (exact) mass is 439 g/mol. The molecule has 4 saturated carbocycles. The average molecular weight is 440 g/mol. The lowest BCUT2D eigenvalue weighted by atomic mass is 9.35. The van der Waals surface area contributed by atoms with E-state index in [0.717, 1.165) is 43.2 Å². The van der Waals surface area contributed by atoms with Gasteiger partial charge < -0.3 is 19.3 Å². The summed E-state index contributed by atoms with van der Waals surface area (Å²) in [5.41, 5.74) is 1.12. The maximum absolute atomic E-state index is 13.2. The molecule has 0 aromatic heterocycles. The van der Waals surface area contributed by atoms with Gasteiger partial charge in [0.2, 0.25) is 0 Å². The number of rotatable bonds is 5. The molecule has 2 spiro atoms. The highest BCUT2D eigenvalue weighted by atomic mass is 16.5. The number of hydrogen-bond acceptors (Lipinski definition) is 6. The second-order valence-corrected chi connectivity index (χ2v) is 11.2. The first-order valence-electron chi connectivity index (χ1n) is 12.5. The van der Waals surface area contributed by atoms with Crippen LogP contribution in [0.2, 0.25) is 0 Å². The second kappa shape index (κ2) is 6.20. The molecule has 8 rings (SSSR count). The molecule has 0 radical (unpaired) electrons. The van der Waals surface area contributed by atoms with E-state index in [2.05, 4.69) is 11.0 Å². The van der Waals surface area contributed by atoms with Crippen LogP contribution in [0.15, 0.2) is 12.1 Å². The average Bonchev–Trinajstić information content (AvgIpc) is 3.53. The molecule has 2 aliphatic heterocycles. The molecule has 5 aliphatic carbocycles. The van der Waals surface area contributed by atoms with E-state index in [1.165, 1.54) is 30.5 Å². The van der Waals surface area contributed by atoms with E-state index >= 15 is 0 Å². The minimum atomic E-state index is -1.20. The SMILES string of the molecule is CCOC(=O)C1CC23CCC1(O)C1Oc4c(OC)ccc5c4C12CCN(CC1CC1)C3C5. The summed E-state index contributed by atoms with van der Waals surface area (Å²) in [5.74, 6) is 1.61. The molecule has 6 atom stereocenters. The highest BCUT2D eigenvalue weighted by Crippen LogP contribution is 2.76. The van der Waals surface area contributed by atoms with Crippen molar-refractivity contribution in [1.29, 1.82) is 0 Å². The Kier molecular flexibility index (Phi) is 3.81. The van der Waals surface area contributed by atoms with Crippen molar-refractivity contribution < 1.29 is 24.1 Å². The van der Waals surface area contributed by atoms with Crippen LogP contribution in [-0.4, -0.2) is 60.5 Å². The van der Waals surface area contributed by atoms with Crippen molar-refractivity contribution in [3.8, 4) is 11.5 Å². The molecule has 32 heavy (non-hydrogen) atoms. The number of piperidine rings is 1. The van der Waals surface area contributed by atoms with E-state index in [1.807, 2.05) is 13.0 Å². The van der Waals surface area contributed by atoms with E-state index in [9.17, 15) is 9.90 Å². The molecule has 7 aliphatic rings. The molecule has 6 unspecified atom stereocenters. The van der Waals surface area contributed by atoms with Gasteiger partial charge in [-0.15, -0.1) is 0 Å². The predicted molar refractivity (Wildman–Crippen MR) is 117 cm³/mol. The Morgan fingerprint density at radius 3 is 2.88 bits per heavy atom. The quantitative estimate of drug-likeness (QED) is 0.712. The molecule has 0 amide bonds. The highest BCUT2D eigenvalue weighted by molar-refractivity contribution is 5.76. The number of methoxy groups -OCH3 is 1. The van der Waals surface area contributed by atoms with E-state index < -0.39 is 17.6 Å². The Morgan fingerprint density at radius 2 is 2.12 bits per heavy atom. The Hall–Kier alpha value is -1.79. The Labute approximate surface area is 189 Å². The number of benzene rings is 1. The fourth-order valence-corrected chi connectivity index (χ4v) is 8.73. The van der Waals surface area contributed by atoms with Crippen LogP contribution < -0.4 is 9.47 Å². The first-order valence-corrected chi connectivity index (χ1v) is 12.5. The van der Waals surface area contributed by atoms with Crippen molar-refractivity contribution in [2.45, 2.75) is 75.0 Å². The molecule has 1 saturated heterocycles. The minimum Gasteiger partial charge on any atom is -0.493 e. The largest absolute Gasteiger partial charge is 0.493 e. The summed E-state index contributed by atoms with van der Waals surface area (Å²) in [5, 5.41) is 12.2. The lowest BCUT2D eigenvalue weighted by Crippen LogP contribution is -2.81. The molecule has 2 heterocycles. The van der Waals surface area contributed by atoms with Crippen LogP contribution in [0.25, 0.3) is 0 Å². The van der Waals surface area contributed by atoms with Crippen molar-refractivity contribution in [3.05, 3.63) is 23.3 Å². The minimum absolute atomic E-state index is 0.0721. The molecule has 4 bridgehead atoms. The number of carbonyl (C=O) groups excluding carboxylic acids is 1. The van der Waals surface area contributed by atoms with Crippen molar-refractivity contribution in [1.82, 2.24) is 4.90 Å². The van der Waals surface area contributed by atoms with Gasteiger partial charge in [0, 0.05) is 29.0 Å². The summed E-state index contributed by atoms with van der Waals surface area (Å²) in [4.78, 5) is 15.9. The van der Waals surface area contributed by atoms with Crippen LogP contribution in [0.3, 0.4) is 0 Å². The van der Waals surface area contributed by atoms with Gasteiger partial charge in [-0.2, -0.15) is 0 Å². The third-order valence-corrected chi connectivity index (χ3v) is 10.1. The van der Waals surface area contributed by atoms with Gasteiger partial charge in [-0.3, -0.25) is 9.69 Å². The lowest BCUT2D eigenvalue weighted by Gasteiger charge is -2.72. The van der Waals surface area contributed by atoms with Crippen LogP contribution in [-0.2, 0) is 21.4 Å². The second-order valence-electron chi connectivity index (χ2n) is 11.2. The van der Waals surface area contributed by atoms with Gasteiger partial charge >= 0.3 is 5.97 Å². The van der Waals surface area contributed by atoms with Crippen molar-refractivity contribution >= 4 is 5.97 Å². The fraction of sp³-hybridized carbons (Fsp3) is 0.731. The third kappa shape index (κ3) is 2.08. The summed E-state index contributed by atoms with van der Waals surface area (Å²) in [6.07, 6.45) is 6.49. The van der Waals surface area contributed by atoms with Gasteiger partial charge in [-0.05, 0) is 76.0 Å². The standard InChI is InChI=1S/C26H33NO5/c1-3-31-22(28)17-13-24-8-9-26(17,29)23-25(24)10-11-27(14-15-4-5-15)19(24)12-16-6-7-18(30-2)21(32-23)20(16)25/h6-7,15,17,19,23,29H,3-5,8-14H2,1-2H3. The maximum Gasteiger partial charge on any atom is 0.312 e. The number of esters is 1. The number of fused-ring (bicyclic) bond motifs is 2. The molecule has 1 aromatic rings. The number of likely N-dealkylation sites (tertiary alicyclic amines) is 1. The van der Waals surface area contributed by atoms with Crippen LogP contribution >= 0.6 is 0 Å². The van der Waals surface area contributed by atoms with E-state index in [4.69, 9.17) is 14.2 Å². The summed E-state index contributed by atoms with van der Waals surface area (Å²) in [6, 6.07) is 4.63. The number of ether oxygens (including phenoxy) is 3. The van der Waals surface area contributed by atoms with Crippen LogP contribution in [0.5, 0.6) is 11.5 Å². The molecule has 1 aromatic carbocycles. The molecular weight excluding hydrogens is 406 g/mol. The third-order valence-electron chi connectivity index (χ3n) is 10.1. The predicted octanol–water partition coefficient (Wildman–Crippen LogP) is 2.83. The molecule has 6 heteroatoms. The Bertz CT molecular complexity index is 1010. The number of nitrogens with zero attached hydrogens (tertiary/aromatic N) is 1. The number of aliphatic hydroxyl groups is 1. The zero-order valence-corrected chi connectivity index (χ0v) is 19.1. The van der Waals surface area contributed by atoms with Crippen molar-refractivity contribution in [2.75, 3.05) is 26.8 Å². The molecule has 172 valence electrons. The molecule has 6 nitrogen and oxygen atoms in total. The normalized spacial score (nSPS) is 42.9. The maximum atomic E-state index is 13.2. The Balaban J connectivity index is 1.44. The van der Waals surface area contributed by atoms with E-state index in [-0.39, 0.29) is 16.8 Å². The van der Waals surface area contributed by atoms with Crippen LogP contribution in [0, 0.1) is 17.3 Å². The summed E-state index contributed by atoms with van der Waals surface area (Å²) in [6.45, 7) is 4.39. The first-order chi connectivity index (χ1) is 15.5. The van der Waals surface area contributed by atoms with Crippen LogP contribution in [0.1, 0.15) is 56.6 Å². The van der Waals surface area contributed by atoms with Crippen molar-refractivity contribution in [3.63, 3.8) is 0 Å². The molecular formula is C26H33NO5. The summed E-state index contributed by atoms with van der Waals surface area (Å²) >= 11 is 0. The van der Waals surface area contributed by atoms with E-state index in [1.54, 1.807) is 7.11 Å². The molecule has 5 fully saturated rings. The summed E-state index contributed by atoms with van der Waals surface area (Å²) < 4.78 is 17.9. The van der Waals surface area contributed by atoms with Gasteiger partial charge in [-0.25, -0.2) is 0 Å². The van der Waals surface area contributed by atoms with E-state index in [0.29, 0.717) is 25.5 Å². The van der Waals surface area contributed by atoms with Gasteiger partial charge in [-0.1, -0.05) is 6.07 Å². The van der Waals surface area contributed by atoms with Gasteiger partial charge in [0.05, 0.1) is 19.6 Å². The van der Waals surface area contributed by atoms with Gasteiger partial charge in [0.15, 0.2) is 11.5 Å². The first kappa shape index (κ1) is 19.7. The zero-order valence-electron chi connectivity index (χ0n) is 19.1. The van der Waals surface area contributed by atoms with Crippen molar-refractivity contribution in [2.24, 2.45) is 17.3 Å². The highest BCUT2D eigenvalue weighted by Gasteiger charge is 2.81. The Morgan fingerprint density at radius 1 is 1.28 bits per heavy atom. The van der Waals surface area contributed by atoms with Gasteiger partial charge in [0.25, 0.3) is 0 Å². The molecule has 1 N–H and O–H groups in total. The fourth-order valence-electron chi connectivity index (χ4n) is 8.73. The lowest BCUT2D eigenvalue weighted by molar-refractivity contribution is -0.268.